The highest BCUT2D eigenvalue weighted by atomic mass is 35.5. The summed E-state index contributed by atoms with van der Waals surface area (Å²) >= 11 is 6.01. The van der Waals surface area contributed by atoms with Crippen molar-refractivity contribution in [2.24, 2.45) is 7.05 Å². The molecule has 0 aliphatic carbocycles. The number of halogens is 4. The lowest BCUT2D eigenvalue weighted by Crippen LogP contribution is -2.40. The van der Waals surface area contributed by atoms with E-state index >= 15 is 0 Å². The summed E-state index contributed by atoms with van der Waals surface area (Å²) in [5.74, 6) is -0.123. The number of ether oxygens (including phenoxy) is 1. The van der Waals surface area contributed by atoms with Crippen LogP contribution in [0.3, 0.4) is 0 Å². The number of alkyl halides is 3. The van der Waals surface area contributed by atoms with E-state index in [-0.39, 0.29) is 36.0 Å². The van der Waals surface area contributed by atoms with Crippen LogP contribution in [0, 0.1) is 0 Å². The molecule has 0 radical (unpaired) electrons. The summed E-state index contributed by atoms with van der Waals surface area (Å²) in [5.41, 5.74) is -0.505. The summed E-state index contributed by atoms with van der Waals surface area (Å²) in [6, 6.07) is 20.1. The number of benzene rings is 3. The number of rotatable bonds is 6. The lowest BCUT2D eigenvalue weighted by molar-refractivity contribution is -0.137. The molecule has 3 aromatic carbocycles. The topological polar surface area (TPSA) is 71.1 Å². The van der Waals surface area contributed by atoms with Gasteiger partial charge in [0.05, 0.1) is 18.7 Å². The molecule has 5 aromatic rings. The van der Waals surface area contributed by atoms with E-state index < -0.39 is 23.0 Å². The number of aromatic nitrogens is 4. The van der Waals surface area contributed by atoms with E-state index in [4.69, 9.17) is 16.3 Å². The maximum atomic E-state index is 13.7. The fraction of sp³-hybridized carbons (Fsp3) is 0.148. The summed E-state index contributed by atoms with van der Waals surface area (Å²) in [4.78, 5) is 31.2. The lowest BCUT2D eigenvalue weighted by atomic mass is 10.2. The molecule has 7 nitrogen and oxygen atoms in total. The normalized spacial score (nSPS) is 11.7. The monoisotopic (exact) mass is 540 g/mol. The van der Waals surface area contributed by atoms with Gasteiger partial charge in [0.1, 0.15) is 5.75 Å². The Morgan fingerprint density at radius 1 is 0.868 bits per heavy atom. The first-order valence-electron chi connectivity index (χ1n) is 11.5. The third-order valence-electron chi connectivity index (χ3n) is 6.01. The van der Waals surface area contributed by atoms with Gasteiger partial charge in [-0.3, -0.25) is 18.5 Å². The highest BCUT2D eigenvalue weighted by Crippen LogP contribution is 2.33. The van der Waals surface area contributed by atoms with Gasteiger partial charge >= 0.3 is 17.9 Å². The molecule has 0 aliphatic rings. The van der Waals surface area contributed by atoms with Crippen molar-refractivity contribution >= 4 is 22.8 Å². The predicted octanol–water partition coefficient (Wildman–Crippen LogP) is 5.46. The highest BCUT2D eigenvalue weighted by molar-refractivity contribution is 6.30. The molecule has 0 unspecified atom stereocenters. The number of imidazole rings is 1. The van der Waals surface area contributed by atoms with Crippen LogP contribution in [0.15, 0.2) is 88.5 Å². The molecule has 0 spiro atoms. The Morgan fingerprint density at radius 3 is 2.21 bits per heavy atom. The number of fused-ring (bicyclic) bond motifs is 1. The second kappa shape index (κ2) is 9.86. The summed E-state index contributed by atoms with van der Waals surface area (Å²) < 4.78 is 49.4. The molecule has 0 amide bonds. The minimum absolute atomic E-state index is 0.0260. The van der Waals surface area contributed by atoms with Gasteiger partial charge in [-0.1, -0.05) is 60.1 Å². The first-order chi connectivity index (χ1) is 18.1. The van der Waals surface area contributed by atoms with E-state index in [2.05, 4.69) is 4.98 Å². The highest BCUT2D eigenvalue weighted by Gasteiger charge is 2.31. The van der Waals surface area contributed by atoms with Crippen LogP contribution in [-0.4, -0.2) is 18.7 Å². The second-order valence-electron chi connectivity index (χ2n) is 8.63. The largest absolute Gasteiger partial charge is 0.425 e. The lowest BCUT2D eigenvalue weighted by Gasteiger charge is -2.12. The SMILES string of the molecule is Cn1c(=O)n(Cc2ccccc2)c(=O)c2c1nc(Oc1cccc(C(F)(F)F)c1)n2Cc1ccc(Cl)cc1. The van der Waals surface area contributed by atoms with Crippen molar-refractivity contribution in [3.63, 3.8) is 0 Å². The second-order valence-corrected chi connectivity index (χ2v) is 9.06. The van der Waals surface area contributed by atoms with Crippen LogP contribution in [0.1, 0.15) is 16.7 Å². The van der Waals surface area contributed by atoms with Crippen molar-refractivity contribution < 1.29 is 17.9 Å². The smallest absolute Gasteiger partial charge is 0.416 e. The molecule has 0 N–H and O–H groups in total. The molecule has 2 aromatic heterocycles. The first kappa shape index (κ1) is 25.3. The Kier molecular flexibility index (Phi) is 6.58. The van der Waals surface area contributed by atoms with Crippen LogP contribution in [0.4, 0.5) is 13.2 Å². The van der Waals surface area contributed by atoms with Crippen molar-refractivity contribution in [1.29, 1.82) is 0 Å². The van der Waals surface area contributed by atoms with Crippen molar-refractivity contribution in [3.8, 4) is 11.8 Å². The van der Waals surface area contributed by atoms with Crippen molar-refractivity contribution in [3.05, 3.63) is 121 Å². The zero-order chi connectivity index (χ0) is 27.0. The maximum Gasteiger partial charge on any atom is 0.416 e. The summed E-state index contributed by atoms with van der Waals surface area (Å²) in [7, 11) is 1.47. The predicted molar refractivity (Wildman–Crippen MR) is 137 cm³/mol. The Morgan fingerprint density at radius 2 is 1.53 bits per heavy atom. The first-order valence-corrected chi connectivity index (χ1v) is 11.8. The Labute approximate surface area is 218 Å². The molecular formula is C27H20ClF3N4O3. The summed E-state index contributed by atoms with van der Waals surface area (Å²) in [6.07, 6.45) is -4.57. The Balaban J connectivity index is 1.70. The van der Waals surface area contributed by atoms with E-state index in [9.17, 15) is 22.8 Å². The standard InChI is InChI=1S/C27H20ClF3N4O3/c1-33-23-22(24(36)35(26(33)37)16-17-6-3-2-4-7-17)34(15-18-10-12-20(28)13-11-18)25(32-23)38-21-9-5-8-19(14-21)27(29,30)31/h2-14H,15-16H2,1H3. The number of hydrogen-bond acceptors (Lipinski definition) is 4. The average molecular weight is 541 g/mol. The van der Waals surface area contributed by atoms with Gasteiger partial charge < -0.3 is 4.74 Å². The Bertz CT molecular complexity index is 1740. The van der Waals surface area contributed by atoms with Gasteiger partial charge in [0.2, 0.25) is 0 Å². The van der Waals surface area contributed by atoms with Crippen LogP contribution < -0.4 is 16.0 Å². The quantitative estimate of drug-likeness (QED) is 0.287. The zero-order valence-corrected chi connectivity index (χ0v) is 20.7. The minimum Gasteiger partial charge on any atom is -0.425 e. The van der Waals surface area contributed by atoms with Crippen LogP contribution >= 0.6 is 11.6 Å². The molecule has 2 heterocycles. The third-order valence-corrected chi connectivity index (χ3v) is 6.26. The zero-order valence-electron chi connectivity index (χ0n) is 19.9. The summed E-state index contributed by atoms with van der Waals surface area (Å²) in [6.45, 7) is 0.110. The molecule has 11 heteroatoms. The van der Waals surface area contributed by atoms with Gasteiger partial charge in [0.25, 0.3) is 5.56 Å². The third kappa shape index (κ3) is 4.95. The Hall–Kier alpha value is -4.31. The average Bonchev–Trinajstić information content (AvgIpc) is 3.24. The molecule has 0 saturated carbocycles. The fourth-order valence-electron chi connectivity index (χ4n) is 4.10. The fourth-order valence-corrected chi connectivity index (χ4v) is 4.22. The number of aryl methyl sites for hydroxylation is 1. The number of hydrogen-bond donors (Lipinski definition) is 0. The van der Waals surface area contributed by atoms with Gasteiger partial charge in [-0.15, -0.1) is 0 Å². The van der Waals surface area contributed by atoms with Crippen molar-refractivity contribution in [2.75, 3.05) is 0 Å². The molecule has 5 rings (SSSR count). The van der Waals surface area contributed by atoms with Crippen LogP contribution in [0.2, 0.25) is 5.02 Å². The van der Waals surface area contributed by atoms with Crippen molar-refractivity contribution in [2.45, 2.75) is 19.3 Å². The van der Waals surface area contributed by atoms with E-state index in [1.165, 1.54) is 28.3 Å². The molecule has 0 bridgehead atoms. The van der Waals surface area contributed by atoms with E-state index in [0.717, 1.165) is 27.8 Å². The molecule has 0 fully saturated rings. The maximum absolute atomic E-state index is 13.7. The molecule has 194 valence electrons. The van der Waals surface area contributed by atoms with Gasteiger partial charge in [0, 0.05) is 12.1 Å². The molecule has 0 saturated heterocycles. The minimum atomic E-state index is -4.57. The molecular weight excluding hydrogens is 521 g/mol. The van der Waals surface area contributed by atoms with Crippen LogP contribution in [0.25, 0.3) is 11.2 Å². The molecule has 38 heavy (non-hydrogen) atoms. The number of nitrogens with zero attached hydrogens (tertiary/aromatic N) is 4. The van der Waals surface area contributed by atoms with Gasteiger partial charge in [0.15, 0.2) is 11.2 Å². The van der Waals surface area contributed by atoms with E-state index in [0.29, 0.717) is 5.02 Å². The van der Waals surface area contributed by atoms with Crippen molar-refractivity contribution in [1.82, 2.24) is 18.7 Å². The van der Waals surface area contributed by atoms with Gasteiger partial charge in [-0.25, -0.2) is 4.79 Å². The molecule has 0 aliphatic heterocycles. The van der Waals surface area contributed by atoms with Gasteiger partial charge in [-0.2, -0.15) is 18.2 Å². The van der Waals surface area contributed by atoms with E-state index in [1.807, 2.05) is 6.07 Å². The van der Waals surface area contributed by atoms with Gasteiger partial charge in [-0.05, 0) is 41.5 Å². The van der Waals surface area contributed by atoms with Crippen LogP contribution in [-0.2, 0) is 26.3 Å². The molecule has 0 atom stereocenters. The van der Waals surface area contributed by atoms with E-state index in [1.54, 1.807) is 48.5 Å². The van der Waals surface area contributed by atoms with Crippen LogP contribution in [0.5, 0.6) is 11.8 Å². The summed E-state index contributed by atoms with van der Waals surface area (Å²) in [5, 5.41) is 0.511.